The van der Waals surface area contributed by atoms with Crippen LogP contribution in [0.5, 0.6) is 0 Å². The molecule has 3 N–H and O–H groups in total. The first kappa shape index (κ1) is 10.1. The Bertz CT molecular complexity index is 266. The number of hydrogen-bond donors (Lipinski definition) is 2. The van der Waals surface area contributed by atoms with Crippen LogP contribution in [0.1, 0.15) is 32.1 Å². The van der Waals surface area contributed by atoms with Gasteiger partial charge in [0.2, 0.25) is 0 Å². The van der Waals surface area contributed by atoms with Crippen LogP contribution in [-0.2, 0) is 4.74 Å². The third-order valence-electron chi connectivity index (χ3n) is 5.36. The molecule has 3 fully saturated rings. The number of ether oxygens (including phenoxy) is 1. The van der Waals surface area contributed by atoms with Gasteiger partial charge in [-0.25, -0.2) is 0 Å². The van der Waals surface area contributed by atoms with Gasteiger partial charge in [0, 0.05) is 13.2 Å². The van der Waals surface area contributed by atoms with E-state index in [0.29, 0.717) is 6.04 Å². The van der Waals surface area contributed by atoms with Crippen molar-refractivity contribution >= 4 is 0 Å². The highest BCUT2D eigenvalue weighted by molar-refractivity contribution is 5.13. The van der Waals surface area contributed by atoms with Gasteiger partial charge in [0.1, 0.15) is 0 Å². The standard InChI is InChI=1S/C12H21NO2/c1-15-10-6-12(5-9(10)14)8-3-2-7(4-8)11(12)13/h7-11,14H,2-6,13H2,1H3/t7-,8+,9+,10+,11-,12+/m0/s1. The fourth-order valence-electron chi connectivity index (χ4n) is 4.57. The first-order valence-electron chi connectivity index (χ1n) is 6.14. The van der Waals surface area contributed by atoms with E-state index in [4.69, 9.17) is 10.5 Å². The second kappa shape index (κ2) is 3.19. The molecule has 0 saturated heterocycles. The van der Waals surface area contributed by atoms with E-state index in [2.05, 4.69) is 0 Å². The summed E-state index contributed by atoms with van der Waals surface area (Å²) in [6, 6.07) is 0.311. The maximum Gasteiger partial charge on any atom is 0.0836 e. The summed E-state index contributed by atoms with van der Waals surface area (Å²) in [5.41, 5.74) is 6.58. The molecular weight excluding hydrogens is 190 g/mol. The second-order valence-electron chi connectivity index (χ2n) is 5.78. The molecule has 0 aromatic heterocycles. The zero-order valence-corrected chi connectivity index (χ0v) is 9.36. The summed E-state index contributed by atoms with van der Waals surface area (Å²) in [5.74, 6) is 1.48. The molecular formula is C12H21NO2. The highest BCUT2D eigenvalue weighted by Crippen LogP contribution is 2.62. The van der Waals surface area contributed by atoms with E-state index in [0.717, 1.165) is 24.7 Å². The zero-order chi connectivity index (χ0) is 10.6. The summed E-state index contributed by atoms with van der Waals surface area (Å²) in [4.78, 5) is 0. The minimum atomic E-state index is -0.291. The maximum atomic E-state index is 9.98. The van der Waals surface area contributed by atoms with Crippen LogP contribution >= 0.6 is 0 Å². The highest BCUT2D eigenvalue weighted by Gasteiger charge is 2.61. The molecule has 0 aromatic carbocycles. The molecule has 0 heterocycles. The Morgan fingerprint density at radius 1 is 1.33 bits per heavy atom. The predicted octanol–water partition coefficient (Wildman–Crippen LogP) is 0.900. The molecule has 3 aliphatic carbocycles. The summed E-state index contributed by atoms with van der Waals surface area (Å²) in [6.45, 7) is 0. The molecule has 86 valence electrons. The van der Waals surface area contributed by atoms with E-state index >= 15 is 0 Å². The Labute approximate surface area is 91.0 Å². The number of methoxy groups -OCH3 is 1. The van der Waals surface area contributed by atoms with E-state index in [1.54, 1.807) is 7.11 Å². The summed E-state index contributed by atoms with van der Waals surface area (Å²) in [5, 5.41) is 9.98. The Morgan fingerprint density at radius 3 is 2.67 bits per heavy atom. The van der Waals surface area contributed by atoms with Crippen LogP contribution in [-0.4, -0.2) is 30.5 Å². The fraction of sp³-hybridized carbons (Fsp3) is 1.00. The molecule has 3 heteroatoms. The van der Waals surface area contributed by atoms with E-state index in [1.807, 2.05) is 0 Å². The summed E-state index contributed by atoms with van der Waals surface area (Å²) in [6.07, 6.45) is 5.50. The van der Waals surface area contributed by atoms with Gasteiger partial charge in [0.15, 0.2) is 0 Å². The molecule has 15 heavy (non-hydrogen) atoms. The average Bonchev–Trinajstić information content (AvgIpc) is 2.85. The molecule has 0 aliphatic heterocycles. The molecule has 3 saturated carbocycles. The van der Waals surface area contributed by atoms with Gasteiger partial charge in [-0.05, 0) is 49.4 Å². The Kier molecular flexibility index (Phi) is 2.14. The lowest BCUT2D eigenvalue weighted by molar-refractivity contribution is 0.00927. The van der Waals surface area contributed by atoms with Crippen molar-refractivity contribution in [3.05, 3.63) is 0 Å². The molecule has 3 nitrogen and oxygen atoms in total. The van der Waals surface area contributed by atoms with Crippen molar-refractivity contribution < 1.29 is 9.84 Å². The summed E-state index contributed by atoms with van der Waals surface area (Å²) < 4.78 is 5.36. The van der Waals surface area contributed by atoms with Crippen molar-refractivity contribution in [2.45, 2.75) is 50.4 Å². The van der Waals surface area contributed by atoms with E-state index in [1.165, 1.54) is 19.3 Å². The minimum Gasteiger partial charge on any atom is -0.390 e. The van der Waals surface area contributed by atoms with Crippen molar-refractivity contribution in [2.75, 3.05) is 7.11 Å². The number of rotatable bonds is 1. The molecule has 3 aliphatic rings. The smallest absolute Gasteiger partial charge is 0.0836 e. The van der Waals surface area contributed by atoms with Gasteiger partial charge in [-0.15, -0.1) is 0 Å². The van der Waals surface area contributed by atoms with Gasteiger partial charge in [-0.1, -0.05) is 0 Å². The lowest BCUT2D eigenvalue weighted by Crippen LogP contribution is -2.45. The van der Waals surface area contributed by atoms with E-state index < -0.39 is 0 Å². The van der Waals surface area contributed by atoms with Crippen LogP contribution < -0.4 is 5.73 Å². The number of aliphatic hydroxyl groups is 1. The average molecular weight is 211 g/mol. The van der Waals surface area contributed by atoms with Crippen molar-refractivity contribution in [1.29, 1.82) is 0 Å². The van der Waals surface area contributed by atoms with Gasteiger partial charge in [0.25, 0.3) is 0 Å². The van der Waals surface area contributed by atoms with Gasteiger partial charge in [-0.2, -0.15) is 0 Å². The van der Waals surface area contributed by atoms with Crippen LogP contribution in [0, 0.1) is 17.3 Å². The predicted molar refractivity (Wildman–Crippen MR) is 57.3 cm³/mol. The first-order chi connectivity index (χ1) is 7.17. The number of fused-ring (bicyclic) bond motifs is 3. The van der Waals surface area contributed by atoms with Gasteiger partial charge >= 0.3 is 0 Å². The minimum absolute atomic E-state index is 0.0235. The molecule has 0 amide bonds. The van der Waals surface area contributed by atoms with Crippen LogP contribution in [0.15, 0.2) is 0 Å². The van der Waals surface area contributed by atoms with Gasteiger partial charge < -0.3 is 15.6 Å². The van der Waals surface area contributed by atoms with Crippen LogP contribution in [0.2, 0.25) is 0 Å². The molecule has 0 radical (unpaired) electrons. The van der Waals surface area contributed by atoms with Crippen molar-refractivity contribution in [3.8, 4) is 0 Å². The lowest BCUT2D eigenvalue weighted by Gasteiger charge is -2.39. The monoisotopic (exact) mass is 211 g/mol. The molecule has 0 aromatic rings. The number of nitrogens with two attached hydrogens (primary N) is 1. The molecule has 3 rings (SSSR count). The number of hydrogen-bond acceptors (Lipinski definition) is 3. The lowest BCUT2D eigenvalue weighted by atomic mass is 9.69. The maximum absolute atomic E-state index is 9.98. The zero-order valence-electron chi connectivity index (χ0n) is 9.36. The third kappa shape index (κ3) is 1.17. The number of aliphatic hydroxyl groups excluding tert-OH is 1. The Morgan fingerprint density at radius 2 is 2.13 bits per heavy atom. The quantitative estimate of drug-likeness (QED) is 0.677. The SMILES string of the molecule is CO[C@@H]1C[C@]2(C[C@H]1O)[C@@H]1CC[C@@H](C1)[C@@H]2N. The molecule has 6 atom stereocenters. The van der Waals surface area contributed by atoms with Crippen LogP contribution in [0.4, 0.5) is 0 Å². The molecule has 1 spiro atoms. The largest absolute Gasteiger partial charge is 0.390 e. The second-order valence-corrected chi connectivity index (χ2v) is 5.78. The molecule has 2 bridgehead atoms. The van der Waals surface area contributed by atoms with E-state index in [-0.39, 0.29) is 17.6 Å². The van der Waals surface area contributed by atoms with Crippen LogP contribution in [0.25, 0.3) is 0 Å². The third-order valence-corrected chi connectivity index (χ3v) is 5.36. The van der Waals surface area contributed by atoms with Crippen molar-refractivity contribution in [2.24, 2.45) is 23.0 Å². The first-order valence-corrected chi connectivity index (χ1v) is 6.14. The van der Waals surface area contributed by atoms with Gasteiger partial charge in [-0.3, -0.25) is 0 Å². The highest BCUT2D eigenvalue weighted by atomic mass is 16.5. The Balaban J connectivity index is 1.86. The Hall–Kier alpha value is -0.120. The fourth-order valence-corrected chi connectivity index (χ4v) is 4.57. The summed E-state index contributed by atoms with van der Waals surface area (Å²) >= 11 is 0. The molecule has 0 unspecified atom stereocenters. The summed E-state index contributed by atoms with van der Waals surface area (Å²) in [7, 11) is 1.70. The topological polar surface area (TPSA) is 55.5 Å². The van der Waals surface area contributed by atoms with Crippen molar-refractivity contribution in [1.82, 2.24) is 0 Å². The normalized spacial score (nSPS) is 58.2. The van der Waals surface area contributed by atoms with Crippen molar-refractivity contribution in [3.63, 3.8) is 0 Å². The van der Waals surface area contributed by atoms with Crippen LogP contribution in [0.3, 0.4) is 0 Å². The van der Waals surface area contributed by atoms with E-state index in [9.17, 15) is 5.11 Å². The van der Waals surface area contributed by atoms with Gasteiger partial charge in [0.05, 0.1) is 12.2 Å².